The van der Waals surface area contributed by atoms with Crippen molar-refractivity contribution < 1.29 is 9.59 Å². The van der Waals surface area contributed by atoms with Crippen LogP contribution in [0, 0.1) is 11.3 Å². The minimum atomic E-state index is -0.145. The molecule has 2 amide bonds. The number of benzene rings is 1. The predicted octanol–water partition coefficient (Wildman–Crippen LogP) is 3.41. The van der Waals surface area contributed by atoms with Crippen LogP contribution in [-0.4, -0.2) is 32.9 Å². The van der Waals surface area contributed by atoms with Crippen LogP contribution in [0.2, 0.25) is 0 Å². The lowest BCUT2D eigenvalue weighted by atomic mass is 10.0. The zero-order chi connectivity index (χ0) is 20.2. The van der Waals surface area contributed by atoms with Crippen molar-refractivity contribution in [2.75, 3.05) is 11.9 Å². The summed E-state index contributed by atoms with van der Waals surface area (Å²) in [5.41, 5.74) is 2.56. The van der Waals surface area contributed by atoms with Crippen LogP contribution in [-0.2, 0) is 24.2 Å². The molecule has 1 aliphatic heterocycles. The van der Waals surface area contributed by atoms with Crippen molar-refractivity contribution in [1.82, 2.24) is 14.5 Å². The first-order chi connectivity index (χ1) is 14.2. The van der Waals surface area contributed by atoms with Gasteiger partial charge in [0.25, 0.3) is 0 Å². The number of fused-ring (bicyclic) bond motifs is 1. The zero-order valence-electron chi connectivity index (χ0n) is 15.7. The van der Waals surface area contributed by atoms with Crippen LogP contribution in [0.4, 0.5) is 9.80 Å². The highest BCUT2D eigenvalue weighted by Gasteiger charge is 2.28. The molecule has 0 radical (unpaired) electrons. The van der Waals surface area contributed by atoms with Gasteiger partial charge in [-0.1, -0.05) is 30.3 Å². The number of carbonyl (C=O) groups excluding carboxylic acids is 2. The fraction of sp³-hybridized carbons (Fsp3) is 0.238. The van der Waals surface area contributed by atoms with Crippen molar-refractivity contribution in [3.05, 3.63) is 70.6 Å². The van der Waals surface area contributed by atoms with E-state index in [1.165, 1.54) is 22.2 Å². The average Bonchev–Trinajstić information content (AvgIpc) is 3.39. The Balaban J connectivity index is 1.45. The summed E-state index contributed by atoms with van der Waals surface area (Å²) in [6, 6.07) is 11.9. The number of hydrogen-bond acceptors (Lipinski definition) is 5. The molecule has 0 aliphatic carbocycles. The topological polar surface area (TPSA) is 91.0 Å². The molecule has 1 N–H and O–H groups in total. The average molecular weight is 405 g/mol. The van der Waals surface area contributed by atoms with E-state index in [2.05, 4.69) is 16.4 Å². The third-order valence-corrected chi connectivity index (χ3v) is 6.03. The van der Waals surface area contributed by atoms with Crippen LogP contribution in [0.15, 0.2) is 49.1 Å². The lowest BCUT2D eigenvalue weighted by Crippen LogP contribution is -2.37. The van der Waals surface area contributed by atoms with Crippen molar-refractivity contribution >= 4 is 28.3 Å². The van der Waals surface area contributed by atoms with Gasteiger partial charge in [-0.15, -0.1) is 11.3 Å². The Morgan fingerprint density at radius 2 is 2.10 bits per heavy atom. The zero-order valence-corrected chi connectivity index (χ0v) is 16.5. The Morgan fingerprint density at radius 1 is 1.28 bits per heavy atom. The van der Waals surface area contributed by atoms with Crippen molar-refractivity contribution in [3.8, 4) is 6.07 Å². The SMILES string of the molecule is N#Cc1c(NC(=O)CCc2ccccc2)sc2c1CCN(C(=O)n1ccnc1)C2. The Hall–Kier alpha value is -3.44. The molecule has 3 aromatic rings. The molecule has 0 unspecified atom stereocenters. The van der Waals surface area contributed by atoms with Gasteiger partial charge in [0.05, 0.1) is 12.1 Å². The molecule has 0 saturated carbocycles. The maximum atomic E-state index is 12.5. The third-order valence-electron chi connectivity index (χ3n) is 4.90. The smallest absolute Gasteiger partial charge is 0.319 e. The fourth-order valence-corrected chi connectivity index (χ4v) is 4.63. The molecule has 8 heteroatoms. The number of imidazole rings is 1. The molecule has 2 aromatic heterocycles. The van der Waals surface area contributed by atoms with Gasteiger partial charge in [-0.3, -0.25) is 9.36 Å². The van der Waals surface area contributed by atoms with Crippen LogP contribution in [0.5, 0.6) is 0 Å². The van der Waals surface area contributed by atoms with Crippen LogP contribution >= 0.6 is 11.3 Å². The summed E-state index contributed by atoms with van der Waals surface area (Å²) in [6.45, 7) is 0.947. The van der Waals surface area contributed by atoms with Gasteiger partial charge in [0.15, 0.2) is 0 Å². The summed E-state index contributed by atoms with van der Waals surface area (Å²) >= 11 is 1.38. The Labute approximate surface area is 172 Å². The molecule has 0 saturated heterocycles. The number of anilines is 1. The van der Waals surface area contributed by atoms with E-state index in [0.29, 0.717) is 42.9 Å². The molecule has 7 nitrogen and oxygen atoms in total. The van der Waals surface area contributed by atoms with E-state index >= 15 is 0 Å². The minimum Gasteiger partial charge on any atom is -0.319 e. The first-order valence-corrected chi connectivity index (χ1v) is 10.1. The molecule has 29 heavy (non-hydrogen) atoms. The van der Waals surface area contributed by atoms with Crippen LogP contribution in [0.3, 0.4) is 0 Å². The Morgan fingerprint density at radius 3 is 2.83 bits per heavy atom. The number of amides is 2. The normalized spacial score (nSPS) is 12.9. The summed E-state index contributed by atoms with van der Waals surface area (Å²) in [5.74, 6) is -0.115. The first kappa shape index (κ1) is 18.9. The molecular weight excluding hydrogens is 386 g/mol. The molecule has 1 aliphatic rings. The van der Waals surface area contributed by atoms with Gasteiger partial charge >= 0.3 is 6.03 Å². The van der Waals surface area contributed by atoms with E-state index in [1.807, 2.05) is 30.3 Å². The number of aromatic nitrogens is 2. The first-order valence-electron chi connectivity index (χ1n) is 9.31. The number of thiophene rings is 1. The van der Waals surface area contributed by atoms with Crippen molar-refractivity contribution in [2.24, 2.45) is 0 Å². The third kappa shape index (κ3) is 4.05. The van der Waals surface area contributed by atoms with Crippen molar-refractivity contribution in [2.45, 2.75) is 25.8 Å². The standard InChI is InChI=1S/C21H19N5O2S/c22-12-17-16-8-10-25(21(28)26-11-9-23-14-26)13-18(16)29-20(17)24-19(27)7-6-15-4-2-1-3-5-15/h1-5,9,11,14H,6-8,10,13H2,(H,24,27). The number of carbonyl (C=O) groups is 2. The summed E-state index contributed by atoms with van der Waals surface area (Å²) in [4.78, 5) is 31.5. The van der Waals surface area contributed by atoms with Crippen LogP contribution in [0.25, 0.3) is 0 Å². The number of nitriles is 1. The lowest BCUT2D eigenvalue weighted by molar-refractivity contribution is -0.116. The summed E-state index contributed by atoms with van der Waals surface area (Å²) in [7, 11) is 0. The summed E-state index contributed by atoms with van der Waals surface area (Å²) in [6.07, 6.45) is 6.25. The highest BCUT2D eigenvalue weighted by Crippen LogP contribution is 2.36. The Bertz CT molecular complexity index is 1070. The second-order valence-corrected chi connectivity index (χ2v) is 7.88. The molecular formula is C21H19N5O2S. The van der Waals surface area contributed by atoms with Gasteiger partial charge in [0.1, 0.15) is 17.4 Å². The number of nitrogens with one attached hydrogen (secondary N) is 1. The lowest BCUT2D eigenvalue weighted by Gasteiger charge is -2.26. The monoisotopic (exact) mass is 405 g/mol. The van der Waals surface area contributed by atoms with E-state index in [-0.39, 0.29) is 11.9 Å². The van der Waals surface area contributed by atoms with Crippen molar-refractivity contribution in [3.63, 3.8) is 0 Å². The molecule has 0 spiro atoms. The second-order valence-electron chi connectivity index (χ2n) is 6.78. The number of aryl methyl sites for hydroxylation is 1. The van der Waals surface area contributed by atoms with E-state index in [9.17, 15) is 14.9 Å². The van der Waals surface area contributed by atoms with E-state index in [1.54, 1.807) is 17.3 Å². The second kappa shape index (κ2) is 8.29. The van der Waals surface area contributed by atoms with Gasteiger partial charge in [0, 0.05) is 30.2 Å². The van der Waals surface area contributed by atoms with Crippen molar-refractivity contribution in [1.29, 1.82) is 5.26 Å². The molecule has 1 aromatic carbocycles. The van der Waals surface area contributed by atoms with Gasteiger partial charge in [-0.05, 0) is 24.0 Å². The maximum Gasteiger partial charge on any atom is 0.329 e. The molecule has 146 valence electrons. The molecule has 0 atom stereocenters. The van der Waals surface area contributed by atoms with Gasteiger partial charge < -0.3 is 10.2 Å². The maximum absolute atomic E-state index is 12.5. The van der Waals surface area contributed by atoms with Gasteiger partial charge in [-0.25, -0.2) is 9.78 Å². The molecule has 0 fully saturated rings. The molecule has 0 bridgehead atoms. The number of rotatable bonds is 4. The highest BCUT2D eigenvalue weighted by molar-refractivity contribution is 7.16. The fourth-order valence-electron chi connectivity index (χ4n) is 3.40. The van der Waals surface area contributed by atoms with Crippen LogP contribution < -0.4 is 5.32 Å². The largest absolute Gasteiger partial charge is 0.329 e. The molecule has 3 heterocycles. The molecule has 4 rings (SSSR count). The predicted molar refractivity (Wildman–Crippen MR) is 110 cm³/mol. The number of hydrogen-bond donors (Lipinski definition) is 1. The van der Waals surface area contributed by atoms with Gasteiger partial charge in [-0.2, -0.15) is 5.26 Å². The quantitative estimate of drug-likeness (QED) is 0.720. The highest BCUT2D eigenvalue weighted by atomic mass is 32.1. The summed E-state index contributed by atoms with van der Waals surface area (Å²) < 4.78 is 1.44. The number of nitrogens with zero attached hydrogens (tertiary/aromatic N) is 4. The Kier molecular flexibility index (Phi) is 5.40. The minimum absolute atomic E-state index is 0.115. The van der Waals surface area contributed by atoms with E-state index in [0.717, 1.165) is 16.0 Å². The summed E-state index contributed by atoms with van der Waals surface area (Å²) in [5, 5.41) is 13.1. The van der Waals surface area contributed by atoms with Crippen LogP contribution in [0.1, 0.15) is 28.0 Å². The van der Waals surface area contributed by atoms with E-state index < -0.39 is 0 Å². The van der Waals surface area contributed by atoms with Gasteiger partial charge in [0.2, 0.25) is 5.91 Å². The van der Waals surface area contributed by atoms with E-state index in [4.69, 9.17) is 0 Å².